The number of aliphatic hydroxyl groups is 1. The Bertz CT molecular complexity index is 2030. The highest BCUT2D eigenvalue weighted by Gasteiger charge is 2.39. The van der Waals surface area contributed by atoms with Crippen LogP contribution in [0.1, 0.15) is 52.9 Å². The summed E-state index contributed by atoms with van der Waals surface area (Å²) in [6.45, 7) is -0.468. The second-order valence-corrected chi connectivity index (χ2v) is 12.6. The van der Waals surface area contributed by atoms with Gasteiger partial charge in [-0.15, -0.1) is 0 Å². The number of carbonyl (C=O) groups is 3. The van der Waals surface area contributed by atoms with Gasteiger partial charge in [-0.3, -0.25) is 24.3 Å². The number of nitrogens with two attached hydrogens (primary N) is 2. The number of anilines is 2. The van der Waals surface area contributed by atoms with E-state index in [-0.39, 0.29) is 58.4 Å². The average Bonchev–Trinajstić information content (AvgIpc) is 3.86. The largest absolute Gasteiger partial charge is 0.495 e. The van der Waals surface area contributed by atoms with Crippen LogP contribution in [0.3, 0.4) is 0 Å². The number of pyridine rings is 1. The van der Waals surface area contributed by atoms with E-state index in [9.17, 15) is 23.9 Å². The first kappa shape index (κ1) is 34.5. The van der Waals surface area contributed by atoms with Gasteiger partial charge in [-0.2, -0.15) is 0 Å². The lowest BCUT2D eigenvalue weighted by Gasteiger charge is -2.31. The van der Waals surface area contributed by atoms with Gasteiger partial charge in [0.1, 0.15) is 29.0 Å². The van der Waals surface area contributed by atoms with Gasteiger partial charge in [0.2, 0.25) is 11.8 Å². The SMILES string of the molecule is COc1cc(C(=O)NC[C@@](O)(c2ccccc2)c2cc(N3C(=O)CCC3C(N)=O)cc(-c3cc(Cl)c(F)cc3F)n2)cc(C=NC2CC2)c1N. The van der Waals surface area contributed by atoms with Crippen molar-refractivity contribution >= 4 is 46.9 Å². The van der Waals surface area contributed by atoms with Gasteiger partial charge in [-0.25, -0.2) is 13.8 Å². The number of hydrogen-bond donors (Lipinski definition) is 4. The monoisotopic (exact) mass is 702 g/mol. The molecule has 6 rings (SSSR count). The van der Waals surface area contributed by atoms with E-state index >= 15 is 4.39 Å². The molecule has 6 N–H and O–H groups in total. The fourth-order valence-electron chi connectivity index (χ4n) is 5.83. The number of ether oxygens (including phenoxy) is 1. The third kappa shape index (κ3) is 6.87. The maximum atomic E-state index is 15.3. The summed E-state index contributed by atoms with van der Waals surface area (Å²) in [6.07, 6.45) is 3.69. The predicted octanol–water partition coefficient (Wildman–Crippen LogP) is 4.50. The standard InChI is InChI=1S/C36H33ClF2N6O5/c1-50-30-12-19(11-20(33(30)40)17-42-22-7-8-22)35(48)43-18-36(49,21-5-3-2-4-6-21)31-14-23(45-29(34(41)47)9-10-32(45)46)13-28(44-31)24-15-25(37)27(39)16-26(24)38/h2-6,11-17,22,29,49H,7-10,18,40H2,1H3,(H2,41,47)(H,43,48)/t29?,36-/m1/s1. The molecule has 1 unspecified atom stereocenters. The summed E-state index contributed by atoms with van der Waals surface area (Å²) in [5.41, 5.74) is 10.6. The second kappa shape index (κ2) is 13.8. The van der Waals surface area contributed by atoms with Crippen LogP contribution in [0.2, 0.25) is 5.02 Å². The molecule has 3 amide bonds. The van der Waals surface area contributed by atoms with Gasteiger partial charge in [0.25, 0.3) is 5.91 Å². The summed E-state index contributed by atoms with van der Waals surface area (Å²) in [4.78, 5) is 49.4. The molecule has 4 aromatic rings. The first-order valence-electron chi connectivity index (χ1n) is 15.7. The maximum absolute atomic E-state index is 15.3. The highest BCUT2D eigenvalue weighted by atomic mass is 35.5. The van der Waals surface area contributed by atoms with Crippen LogP contribution in [0, 0.1) is 11.6 Å². The molecular formula is C36H33ClF2N6O5. The van der Waals surface area contributed by atoms with Crippen LogP contribution < -0.4 is 26.4 Å². The Balaban J connectivity index is 1.46. The quantitative estimate of drug-likeness (QED) is 0.101. The molecule has 1 aliphatic heterocycles. The molecule has 1 saturated carbocycles. The van der Waals surface area contributed by atoms with Gasteiger partial charge in [0.15, 0.2) is 0 Å². The van der Waals surface area contributed by atoms with Crippen molar-refractivity contribution in [3.05, 3.63) is 106 Å². The van der Waals surface area contributed by atoms with E-state index in [2.05, 4.69) is 15.3 Å². The fraction of sp³-hybridized carbons (Fsp3) is 0.250. The summed E-state index contributed by atoms with van der Waals surface area (Å²) in [7, 11) is 1.42. The summed E-state index contributed by atoms with van der Waals surface area (Å²) in [6, 6.07) is 14.7. The molecule has 0 bridgehead atoms. The molecule has 258 valence electrons. The number of nitrogens with one attached hydrogen (secondary N) is 1. The lowest BCUT2D eigenvalue weighted by molar-refractivity contribution is -0.121. The minimum absolute atomic E-state index is 0.00868. The van der Waals surface area contributed by atoms with E-state index in [4.69, 9.17) is 27.8 Å². The average molecular weight is 703 g/mol. The van der Waals surface area contributed by atoms with Crippen molar-refractivity contribution in [3.8, 4) is 17.0 Å². The highest BCUT2D eigenvalue weighted by Crippen LogP contribution is 2.38. The van der Waals surface area contributed by atoms with Crippen LogP contribution >= 0.6 is 11.6 Å². The number of aromatic nitrogens is 1. The molecule has 14 heteroatoms. The lowest BCUT2D eigenvalue weighted by Crippen LogP contribution is -2.44. The van der Waals surface area contributed by atoms with E-state index in [1.807, 2.05) is 0 Å². The van der Waals surface area contributed by atoms with Crippen LogP contribution in [0.5, 0.6) is 5.75 Å². The number of benzene rings is 3. The highest BCUT2D eigenvalue weighted by molar-refractivity contribution is 6.31. The number of rotatable bonds is 11. The Morgan fingerprint density at radius 1 is 1.12 bits per heavy atom. The zero-order valence-corrected chi connectivity index (χ0v) is 27.6. The minimum Gasteiger partial charge on any atom is -0.495 e. The van der Waals surface area contributed by atoms with Crippen LogP contribution in [-0.2, 0) is 15.2 Å². The van der Waals surface area contributed by atoms with Crippen molar-refractivity contribution in [2.45, 2.75) is 43.4 Å². The van der Waals surface area contributed by atoms with Gasteiger partial charge in [0.05, 0.1) is 41.8 Å². The Morgan fingerprint density at radius 2 is 1.86 bits per heavy atom. The van der Waals surface area contributed by atoms with Crippen molar-refractivity contribution in [3.63, 3.8) is 0 Å². The van der Waals surface area contributed by atoms with Crippen LogP contribution in [0.4, 0.5) is 20.2 Å². The molecule has 2 aliphatic rings. The Morgan fingerprint density at radius 3 is 2.54 bits per heavy atom. The lowest BCUT2D eigenvalue weighted by atomic mass is 9.88. The third-order valence-electron chi connectivity index (χ3n) is 8.72. The third-order valence-corrected chi connectivity index (χ3v) is 9.01. The van der Waals surface area contributed by atoms with Crippen LogP contribution in [0.15, 0.2) is 71.7 Å². The zero-order valence-electron chi connectivity index (χ0n) is 26.8. The van der Waals surface area contributed by atoms with Crippen molar-refractivity contribution < 1.29 is 33.0 Å². The molecule has 50 heavy (non-hydrogen) atoms. The Labute approximate surface area is 290 Å². The number of amides is 3. The van der Waals surface area contributed by atoms with E-state index in [1.54, 1.807) is 42.6 Å². The number of nitrogen functional groups attached to an aromatic ring is 1. The van der Waals surface area contributed by atoms with E-state index in [0.717, 1.165) is 23.8 Å². The van der Waals surface area contributed by atoms with Crippen molar-refractivity contribution in [1.29, 1.82) is 0 Å². The van der Waals surface area contributed by atoms with E-state index in [1.165, 1.54) is 25.3 Å². The Kier molecular flexibility index (Phi) is 9.54. The number of aliphatic imine (C=N–C) groups is 1. The zero-order chi connectivity index (χ0) is 35.7. The predicted molar refractivity (Wildman–Crippen MR) is 184 cm³/mol. The molecule has 11 nitrogen and oxygen atoms in total. The normalized spacial score (nSPS) is 17.2. The number of nitrogens with zero attached hydrogens (tertiary/aromatic N) is 3. The smallest absolute Gasteiger partial charge is 0.251 e. The van der Waals surface area contributed by atoms with E-state index in [0.29, 0.717) is 17.3 Å². The van der Waals surface area contributed by atoms with Crippen molar-refractivity contribution in [2.24, 2.45) is 10.7 Å². The number of halogens is 3. The summed E-state index contributed by atoms with van der Waals surface area (Å²) in [5, 5.41) is 14.9. The minimum atomic E-state index is -2.11. The molecule has 1 saturated heterocycles. The maximum Gasteiger partial charge on any atom is 0.251 e. The molecule has 2 atom stereocenters. The first-order chi connectivity index (χ1) is 23.9. The van der Waals surface area contributed by atoms with E-state index < -0.39 is 52.6 Å². The molecule has 3 aromatic carbocycles. The fourth-order valence-corrected chi connectivity index (χ4v) is 5.99. The number of hydrogen-bond acceptors (Lipinski definition) is 8. The van der Waals surface area contributed by atoms with Crippen molar-refractivity contribution in [1.82, 2.24) is 10.3 Å². The number of methoxy groups -OCH3 is 1. The molecule has 2 heterocycles. The second-order valence-electron chi connectivity index (χ2n) is 12.2. The van der Waals surface area contributed by atoms with Gasteiger partial charge >= 0.3 is 0 Å². The van der Waals surface area contributed by atoms with Crippen LogP contribution in [-0.4, -0.2) is 59.8 Å². The number of carbonyl (C=O) groups excluding carboxylic acids is 3. The summed E-state index contributed by atoms with van der Waals surface area (Å²) < 4.78 is 34.9. The first-order valence-corrected chi connectivity index (χ1v) is 16.1. The Hall–Kier alpha value is -5.40. The molecule has 0 radical (unpaired) electrons. The molecular weight excluding hydrogens is 670 g/mol. The number of primary amides is 1. The van der Waals surface area contributed by atoms with Crippen molar-refractivity contribution in [2.75, 3.05) is 24.3 Å². The van der Waals surface area contributed by atoms with Gasteiger partial charge in [-0.1, -0.05) is 41.9 Å². The molecule has 1 aliphatic carbocycles. The molecule has 2 fully saturated rings. The summed E-state index contributed by atoms with van der Waals surface area (Å²) >= 11 is 6.02. The van der Waals surface area contributed by atoms with Gasteiger partial charge in [0, 0.05) is 41.1 Å². The van der Waals surface area contributed by atoms with Gasteiger partial charge < -0.3 is 26.6 Å². The van der Waals surface area contributed by atoms with Gasteiger partial charge in [-0.05, 0) is 55.2 Å². The molecule has 1 aromatic heterocycles. The molecule has 0 spiro atoms. The van der Waals surface area contributed by atoms with Crippen LogP contribution in [0.25, 0.3) is 11.3 Å². The summed E-state index contributed by atoms with van der Waals surface area (Å²) in [5.74, 6) is -3.57. The topological polar surface area (TPSA) is 173 Å².